The van der Waals surface area contributed by atoms with Crippen LogP contribution in [0.4, 0.5) is 0 Å². The minimum atomic E-state index is 0.0948. The van der Waals surface area contributed by atoms with Gasteiger partial charge in [-0.25, -0.2) is 0 Å². The molecule has 2 atom stereocenters. The lowest BCUT2D eigenvalue weighted by atomic mass is 9.92. The third kappa shape index (κ3) is 4.49. The number of nitrogens with one attached hydrogen (secondary N) is 2. The Bertz CT molecular complexity index is 209. The van der Waals surface area contributed by atoms with Crippen molar-refractivity contribution in [3.05, 3.63) is 0 Å². The molecule has 0 radical (unpaired) electrons. The molecular formula is C12H24N2O2. The SMILES string of the molecule is CNC(=O)CCCOC1CCCCC1NC. The van der Waals surface area contributed by atoms with Crippen molar-refractivity contribution < 1.29 is 9.53 Å². The van der Waals surface area contributed by atoms with Gasteiger partial charge < -0.3 is 15.4 Å². The summed E-state index contributed by atoms with van der Waals surface area (Å²) in [6.45, 7) is 0.691. The third-order valence-electron chi connectivity index (χ3n) is 3.23. The van der Waals surface area contributed by atoms with Gasteiger partial charge >= 0.3 is 0 Å². The van der Waals surface area contributed by atoms with Crippen LogP contribution in [-0.4, -0.2) is 38.8 Å². The highest BCUT2D eigenvalue weighted by molar-refractivity contribution is 5.75. The summed E-state index contributed by atoms with van der Waals surface area (Å²) in [5.74, 6) is 0.0948. The highest BCUT2D eigenvalue weighted by atomic mass is 16.5. The lowest BCUT2D eigenvalue weighted by Crippen LogP contribution is -2.41. The minimum absolute atomic E-state index is 0.0948. The highest BCUT2D eigenvalue weighted by Crippen LogP contribution is 2.21. The van der Waals surface area contributed by atoms with Crippen LogP contribution in [0, 0.1) is 0 Å². The maximum absolute atomic E-state index is 11.0. The molecule has 0 aromatic rings. The zero-order valence-corrected chi connectivity index (χ0v) is 10.4. The summed E-state index contributed by atoms with van der Waals surface area (Å²) in [7, 11) is 3.66. The summed E-state index contributed by atoms with van der Waals surface area (Å²) in [5.41, 5.74) is 0. The van der Waals surface area contributed by atoms with E-state index < -0.39 is 0 Å². The number of amides is 1. The first-order valence-electron chi connectivity index (χ1n) is 6.27. The van der Waals surface area contributed by atoms with E-state index >= 15 is 0 Å². The first-order chi connectivity index (χ1) is 7.77. The molecule has 1 saturated carbocycles. The number of carbonyl (C=O) groups is 1. The van der Waals surface area contributed by atoms with Gasteiger partial charge in [0.25, 0.3) is 0 Å². The van der Waals surface area contributed by atoms with Crippen LogP contribution in [-0.2, 0) is 9.53 Å². The second kappa shape index (κ2) is 7.63. The average Bonchev–Trinajstić information content (AvgIpc) is 2.34. The summed E-state index contributed by atoms with van der Waals surface area (Å²) in [4.78, 5) is 11.0. The Labute approximate surface area is 98.1 Å². The number of hydrogen-bond acceptors (Lipinski definition) is 3. The predicted octanol–water partition coefficient (Wildman–Crippen LogP) is 1.06. The van der Waals surface area contributed by atoms with Gasteiger partial charge in [0.2, 0.25) is 5.91 Å². The molecule has 0 aromatic carbocycles. The molecule has 94 valence electrons. The summed E-state index contributed by atoms with van der Waals surface area (Å²) in [5, 5.41) is 5.93. The highest BCUT2D eigenvalue weighted by Gasteiger charge is 2.23. The number of hydrogen-bond donors (Lipinski definition) is 2. The second-order valence-corrected chi connectivity index (χ2v) is 4.37. The quantitative estimate of drug-likeness (QED) is 0.668. The van der Waals surface area contributed by atoms with Crippen molar-refractivity contribution in [1.29, 1.82) is 0 Å². The monoisotopic (exact) mass is 228 g/mol. The van der Waals surface area contributed by atoms with Gasteiger partial charge in [-0.15, -0.1) is 0 Å². The molecule has 2 N–H and O–H groups in total. The summed E-state index contributed by atoms with van der Waals surface area (Å²) < 4.78 is 5.84. The molecule has 16 heavy (non-hydrogen) atoms. The maximum Gasteiger partial charge on any atom is 0.219 e. The lowest BCUT2D eigenvalue weighted by Gasteiger charge is -2.31. The van der Waals surface area contributed by atoms with Gasteiger partial charge in [-0.2, -0.15) is 0 Å². The normalized spacial score (nSPS) is 25.4. The van der Waals surface area contributed by atoms with Gasteiger partial charge in [0.1, 0.15) is 0 Å². The molecule has 0 bridgehead atoms. The Morgan fingerprint density at radius 3 is 2.75 bits per heavy atom. The predicted molar refractivity (Wildman–Crippen MR) is 64.4 cm³/mol. The zero-order valence-electron chi connectivity index (χ0n) is 10.4. The fourth-order valence-corrected chi connectivity index (χ4v) is 2.22. The topological polar surface area (TPSA) is 50.4 Å². The van der Waals surface area contributed by atoms with Crippen LogP contribution in [0.1, 0.15) is 38.5 Å². The van der Waals surface area contributed by atoms with Crippen molar-refractivity contribution in [3.63, 3.8) is 0 Å². The molecule has 4 nitrogen and oxygen atoms in total. The fraction of sp³-hybridized carbons (Fsp3) is 0.917. The standard InChI is InChI=1S/C12H24N2O2/c1-13-10-6-3-4-7-11(10)16-9-5-8-12(15)14-2/h10-11,13H,3-9H2,1-2H3,(H,14,15). The number of likely N-dealkylation sites (N-methyl/N-ethyl adjacent to an activating group) is 1. The molecule has 2 unspecified atom stereocenters. The van der Waals surface area contributed by atoms with E-state index in [2.05, 4.69) is 10.6 Å². The van der Waals surface area contributed by atoms with E-state index in [0.717, 1.165) is 12.8 Å². The Morgan fingerprint density at radius 2 is 2.06 bits per heavy atom. The van der Waals surface area contributed by atoms with Gasteiger partial charge in [0.15, 0.2) is 0 Å². The molecule has 1 amide bonds. The Balaban J connectivity index is 2.13. The van der Waals surface area contributed by atoms with Crippen molar-refractivity contribution in [2.24, 2.45) is 0 Å². The summed E-state index contributed by atoms with van der Waals surface area (Å²) in [6, 6.07) is 0.494. The largest absolute Gasteiger partial charge is 0.377 e. The van der Waals surface area contributed by atoms with Crippen LogP contribution < -0.4 is 10.6 Å². The molecular weight excluding hydrogens is 204 g/mol. The van der Waals surface area contributed by atoms with Crippen molar-refractivity contribution in [2.75, 3.05) is 20.7 Å². The molecule has 1 aliphatic carbocycles. The summed E-state index contributed by atoms with van der Waals surface area (Å²) >= 11 is 0. The van der Waals surface area contributed by atoms with Crippen LogP contribution in [0.5, 0.6) is 0 Å². The Morgan fingerprint density at radius 1 is 1.31 bits per heavy atom. The molecule has 1 rings (SSSR count). The van der Waals surface area contributed by atoms with E-state index in [1.54, 1.807) is 7.05 Å². The maximum atomic E-state index is 11.0. The van der Waals surface area contributed by atoms with Crippen molar-refractivity contribution >= 4 is 5.91 Å². The van der Waals surface area contributed by atoms with Crippen LogP contribution in [0.25, 0.3) is 0 Å². The molecule has 0 heterocycles. The van der Waals surface area contributed by atoms with Crippen LogP contribution >= 0.6 is 0 Å². The van der Waals surface area contributed by atoms with Gasteiger partial charge in [-0.05, 0) is 26.3 Å². The van der Waals surface area contributed by atoms with Gasteiger partial charge in [-0.3, -0.25) is 4.79 Å². The van der Waals surface area contributed by atoms with Crippen molar-refractivity contribution in [1.82, 2.24) is 10.6 Å². The molecule has 0 spiro atoms. The van der Waals surface area contributed by atoms with Gasteiger partial charge in [-0.1, -0.05) is 12.8 Å². The fourth-order valence-electron chi connectivity index (χ4n) is 2.22. The lowest BCUT2D eigenvalue weighted by molar-refractivity contribution is -0.121. The van der Waals surface area contributed by atoms with E-state index in [9.17, 15) is 4.79 Å². The van der Waals surface area contributed by atoms with Crippen LogP contribution in [0.15, 0.2) is 0 Å². The van der Waals surface area contributed by atoms with E-state index in [0.29, 0.717) is 25.2 Å². The summed E-state index contributed by atoms with van der Waals surface area (Å²) in [6.07, 6.45) is 6.62. The molecule has 0 aromatic heterocycles. The third-order valence-corrected chi connectivity index (χ3v) is 3.23. The van der Waals surface area contributed by atoms with Gasteiger partial charge in [0.05, 0.1) is 6.10 Å². The molecule has 0 saturated heterocycles. The number of rotatable bonds is 6. The van der Waals surface area contributed by atoms with E-state index in [4.69, 9.17) is 4.74 Å². The first kappa shape index (κ1) is 13.5. The van der Waals surface area contributed by atoms with Crippen molar-refractivity contribution in [3.8, 4) is 0 Å². The van der Waals surface area contributed by atoms with Crippen LogP contribution in [0.2, 0.25) is 0 Å². The molecule has 0 aliphatic heterocycles. The molecule has 1 aliphatic rings. The van der Waals surface area contributed by atoms with Crippen molar-refractivity contribution in [2.45, 2.75) is 50.7 Å². The van der Waals surface area contributed by atoms with E-state index in [1.807, 2.05) is 7.05 Å². The molecule has 1 fully saturated rings. The van der Waals surface area contributed by atoms with Gasteiger partial charge in [0, 0.05) is 26.1 Å². The van der Waals surface area contributed by atoms with Crippen LogP contribution in [0.3, 0.4) is 0 Å². The number of ether oxygens (including phenoxy) is 1. The first-order valence-corrected chi connectivity index (χ1v) is 6.27. The Kier molecular flexibility index (Phi) is 6.42. The van der Waals surface area contributed by atoms with E-state index in [-0.39, 0.29) is 5.91 Å². The zero-order chi connectivity index (χ0) is 11.8. The number of carbonyl (C=O) groups excluding carboxylic acids is 1. The van der Waals surface area contributed by atoms with E-state index in [1.165, 1.54) is 19.3 Å². The smallest absolute Gasteiger partial charge is 0.219 e. The second-order valence-electron chi connectivity index (χ2n) is 4.37. The Hall–Kier alpha value is -0.610. The molecule has 4 heteroatoms. The minimum Gasteiger partial charge on any atom is -0.377 e. The average molecular weight is 228 g/mol.